The van der Waals surface area contributed by atoms with E-state index in [0.717, 1.165) is 11.4 Å². The molecule has 0 saturated carbocycles. The van der Waals surface area contributed by atoms with Crippen LogP contribution in [0.2, 0.25) is 5.02 Å². The fourth-order valence-electron chi connectivity index (χ4n) is 2.18. The van der Waals surface area contributed by atoms with E-state index >= 15 is 0 Å². The molecule has 128 valence electrons. The van der Waals surface area contributed by atoms with Crippen molar-refractivity contribution < 1.29 is 4.39 Å². The lowest BCUT2D eigenvalue weighted by atomic mass is 10.2. The lowest BCUT2D eigenvalue weighted by molar-refractivity contribution is 0.628. The Bertz CT molecular complexity index is 868. The number of benzene rings is 2. The highest BCUT2D eigenvalue weighted by Gasteiger charge is 2.04. The molecule has 5 nitrogen and oxygen atoms in total. The summed E-state index contributed by atoms with van der Waals surface area (Å²) in [6.45, 7) is 0. The molecule has 7 heteroatoms. The lowest BCUT2D eigenvalue weighted by Gasteiger charge is -2.13. The highest BCUT2D eigenvalue weighted by molar-refractivity contribution is 6.31. The van der Waals surface area contributed by atoms with Crippen LogP contribution in [0.4, 0.5) is 33.2 Å². The van der Waals surface area contributed by atoms with Crippen LogP contribution in [-0.4, -0.2) is 24.1 Å². The minimum absolute atomic E-state index is 0.0541. The van der Waals surface area contributed by atoms with Crippen LogP contribution in [0.15, 0.2) is 54.7 Å². The summed E-state index contributed by atoms with van der Waals surface area (Å²) >= 11 is 5.79. The molecule has 0 fully saturated rings. The van der Waals surface area contributed by atoms with Gasteiger partial charge in [-0.1, -0.05) is 11.6 Å². The van der Waals surface area contributed by atoms with Crippen molar-refractivity contribution in [1.29, 1.82) is 0 Å². The molecule has 3 aromatic rings. The molecule has 0 bridgehead atoms. The van der Waals surface area contributed by atoms with E-state index in [4.69, 9.17) is 11.6 Å². The zero-order chi connectivity index (χ0) is 17.8. The third-order valence-corrected chi connectivity index (χ3v) is 3.78. The summed E-state index contributed by atoms with van der Waals surface area (Å²) in [6.07, 6.45) is 1.64. The number of hydrogen-bond acceptors (Lipinski definition) is 5. The van der Waals surface area contributed by atoms with Crippen molar-refractivity contribution in [3.8, 4) is 0 Å². The number of nitrogens with one attached hydrogen (secondary N) is 2. The van der Waals surface area contributed by atoms with Crippen LogP contribution in [-0.2, 0) is 0 Å². The lowest BCUT2D eigenvalue weighted by Crippen LogP contribution is -2.08. The topological polar surface area (TPSA) is 53.1 Å². The van der Waals surface area contributed by atoms with Gasteiger partial charge in [0.15, 0.2) is 0 Å². The molecule has 0 amide bonds. The Morgan fingerprint density at radius 2 is 1.68 bits per heavy atom. The van der Waals surface area contributed by atoms with Gasteiger partial charge in [0.05, 0.1) is 5.02 Å². The van der Waals surface area contributed by atoms with Gasteiger partial charge in [-0.25, -0.2) is 9.37 Å². The molecule has 1 aromatic heterocycles. The molecule has 0 atom stereocenters. The van der Waals surface area contributed by atoms with Crippen LogP contribution in [0, 0.1) is 5.82 Å². The molecule has 0 spiro atoms. The Morgan fingerprint density at radius 1 is 0.960 bits per heavy atom. The van der Waals surface area contributed by atoms with Gasteiger partial charge >= 0.3 is 0 Å². The van der Waals surface area contributed by atoms with Gasteiger partial charge in [-0.15, -0.1) is 0 Å². The third kappa shape index (κ3) is 4.36. The average Bonchev–Trinajstić information content (AvgIpc) is 2.59. The second-order valence-corrected chi connectivity index (χ2v) is 5.99. The van der Waals surface area contributed by atoms with Crippen LogP contribution in [0.1, 0.15) is 0 Å². The van der Waals surface area contributed by atoms with Gasteiger partial charge < -0.3 is 15.5 Å². The minimum atomic E-state index is -0.460. The Balaban J connectivity index is 1.73. The fourth-order valence-corrected chi connectivity index (χ4v) is 2.36. The van der Waals surface area contributed by atoms with E-state index in [9.17, 15) is 4.39 Å². The molecule has 0 radical (unpaired) electrons. The number of nitrogens with zero attached hydrogens (tertiary/aromatic N) is 3. The normalized spacial score (nSPS) is 10.4. The highest BCUT2D eigenvalue weighted by atomic mass is 35.5. The minimum Gasteiger partial charge on any atom is -0.378 e. The number of aromatic nitrogens is 2. The predicted octanol–water partition coefficient (Wildman–Crippen LogP) is 4.82. The zero-order valence-electron chi connectivity index (χ0n) is 13.8. The monoisotopic (exact) mass is 357 g/mol. The zero-order valence-corrected chi connectivity index (χ0v) is 14.5. The molecular weight excluding hydrogens is 341 g/mol. The van der Waals surface area contributed by atoms with Crippen molar-refractivity contribution in [2.24, 2.45) is 0 Å². The standard InChI is InChI=1S/C18H17ClFN5/c1-25(2)14-6-3-12(4-7-14)23-18-21-10-9-17(24-18)22-13-5-8-16(20)15(19)11-13/h3-11H,1-2H3,(H2,21,22,23,24). The van der Waals surface area contributed by atoms with Gasteiger partial charge in [0.25, 0.3) is 0 Å². The highest BCUT2D eigenvalue weighted by Crippen LogP contribution is 2.23. The predicted molar refractivity (Wildman–Crippen MR) is 101 cm³/mol. The molecule has 0 aliphatic carbocycles. The molecule has 25 heavy (non-hydrogen) atoms. The van der Waals surface area contributed by atoms with E-state index < -0.39 is 5.82 Å². The van der Waals surface area contributed by atoms with Gasteiger partial charge in [0.2, 0.25) is 5.95 Å². The second kappa shape index (κ2) is 7.36. The van der Waals surface area contributed by atoms with Crippen LogP contribution in [0.3, 0.4) is 0 Å². The molecule has 0 aliphatic heterocycles. The van der Waals surface area contributed by atoms with E-state index in [0.29, 0.717) is 17.5 Å². The first-order chi connectivity index (χ1) is 12.0. The van der Waals surface area contributed by atoms with E-state index in [1.165, 1.54) is 12.1 Å². The number of hydrogen-bond donors (Lipinski definition) is 2. The van der Waals surface area contributed by atoms with Crippen molar-refractivity contribution in [3.05, 3.63) is 65.6 Å². The molecular formula is C18H17ClFN5. The Kier molecular flexibility index (Phi) is 5.00. The summed E-state index contributed by atoms with van der Waals surface area (Å²) in [5.74, 6) is 0.569. The van der Waals surface area contributed by atoms with E-state index in [-0.39, 0.29) is 5.02 Å². The van der Waals surface area contributed by atoms with Gasteiger partial charge in [0, 0.05) is 37.4 Å². The summed E-state index contributed by atoms with van der Waals surface area (Å²) in [7, 11) is 3.98. The molecule has 0 unspecified atom stereocenters. The van der Waals surface area contributed by atoms with E-state index in [1.807, 2.05) is 43.3 Å². The maximum atomic E-state index is 13.2. The first-order valence-electron chi connectivity index (χ1n) is 7.61. The molecule has 2 N–H and O–H groups in total. The number of rotatable bonds is 5. The number of anilines is 5. The van der Waals surface area contributed by atoms with Gasteiger partial charge in [-0.3, -0.25) is 0 Å². The van der Waals surface area contributed by atoms with Crippen LogP contribution in [0.5, 0.6) is 0 Å². The van der Waals surface area contributed by atoms with Gasteiger partial charge in [-0.2, -0.15) is 4.98 Å². The maximum Gasteiger partial charge on any atom is 0.229 e. The van der Waals surface area contributed by atoms with Crippen LogP contribution in [0.25, 0.3) is 0 Å². The van der Waals surface area contributed by atoms with E-state index in [1.54, 1.807) is 18.3 Å². The van der Waals surface area contributed by atoms with Crippen molar-refractivity contribution in [1.82, 2.24) is 9.97 Å². The molecule has 0 saturated heterocycles. The van der Waals surface area contributed by atoms with Crippen LogP contribution < -0.4 is 15.5 Å². The van der Waals surface area contributed by atoms with Crippen LogP contribution >= 0.6 is 11.6 Å². The van der Waals surface area contributed by atoms with Crippen molar-refractivity contribution in [2.45, 2.75) is 0 Å². The Morgan fingerprint density at radius 3 is 2.36 bits per heavy atom. The van der Waals surface area contributed by atoms with Crippen molar-refractivity contribution >= 4 is 40.4 Å². The summed E-state index contributed by atoms with van der Waals surface area (Å²) in [5, 5.41) is 6.28. The van der Waals surface area contributed by atoms with Gasteiger partial charge in [0.1, 0.15) is 11.6 Å². The first kappa shape index (κ1) is 17.0. The largest absolute Gasteiger partial charge is 0.378 e. The van der Waals surface area contributed by atoms with E-state index in [2.05, 4.69) is 20.6 Å². The van der Waals surface area contributed by atoms with Gasteiger partial charge in [-0.05, 0) is 48.5 Å². The molecule has 1 heterocycles. The first-order valence-corrected chi connectivity index (χ1v) is 7.98. The Labute approximate surface area is 150 Å². The van der Waals surface area contributed by atoms with Crippen molar-refractivity contribution in [3.63, 3.8) is 0 Å². The fraction of sp³-hybridized carbons (Fsp3) is 0.111. The molecule has 3 rings (SSSR count). The maximum absolute atomic E-state index is 13.2. The summed E-state index contributed by atoms with van der Waals surface area (Å²) in [6, 6.07) is 14.0. The third-order valence-electron chi connectivity index (χ3n) is 3.49. The smallest absolute Gasteiger partial charge is 0.229 e. The second-order valence-electron chi connectivity index (χ2n) is 5.59. The summed E-state index contributed by atoms with van der Waals surface area (Å²) in [4.78, 5) is 10.6. The molecule has 2 aromatic carbocycles. The number of halogens is 2. The average molecular weight is 358 g/mol. The quantitative estimate of drug-likeness (QED) is 0.685. The van der Waals surface area contributed by atoms with Crippen molar-refractivity contribution in [2.75, 3.05) is 29.6 Å². The summed E-state index contributed by atoms with van der Waals surface area (Å²) in [5.41, 5.74) is 2.63. The molecule has 0 aliphatic rings. The SMILES string of the molecule is CN(C)c1ccc(Nc2nccc(Nc3ccc(F)c(Cl)c3)n2)cc1. The summed E-state index contributed by atoms with van der Waals surface area (Å²) < 4.78 is 13.2. The Hall–Kier alpha value is -2.86.